The van der Waals surface area contributed by atoms with Crippen LogP contribution < -0.4 is 16.2 Å². The number of halogens is 3. The van der Waals surface area contributed by atoms with Gasteiger partial charge in [-0.05, 0) is 30.7 Å². The quantitative estimate of drug-likeness (QED) is 0.413. The smallest absolute Gasteiger partial charge is 0.255 e. The summed E-state index contributed by atoms with van der Waals surface area (Å²) in [6.45, 7) is 1.47. The molecule has 4 aromatic rings. The van der Waals surface area contributed by atoms with Crippen LogP contribution in [0.1, 0.15) is 6.42 Å². The molecule has 162 valence electrons. The summed E-state index contributed by atoms with van der Waals surface area (Å²) < 4.78 is 1.54. The second kappa shape index (κ2) is 8.41. The molecule has 5 rings (SSSR count). The average Bonchev–Trinajstić information content (AvgIpc) is 3.21. The van der Waals surface area contributed by atoms with Crippen molar-refractivity contribution >= 4 is 51.5 Å². The molecule has 0 radical (unpaired) electrons. The van der Waals surface area contributed by atoms with Crippen molar-refractivity contribution in [2.24, 2.45) is 5.73 Å². The molecule has 0 spiro atoms. The Morgan fingerprint density at radius 3 is 2.34 bits per heavy atom. The number of nitrogens with two attached hydrogens (primary N) is 1. The highest BCUT2D eigenvalue weighted by molar-refractivity contribution is 6.38. The molecular formula is C24H19Cl3N4O. The third-order valence-electron chi connectivity index (χ3n) is 5.72. The molecular weight excluding hydrogens is 467 g/mol. The zero-order chi connectivity index (χ0) is 22.4. The summed E-state index contributed by atoms with van der Waals surface area (Å²) in [4.78, 5) is 20.2. The van der Waals surface area contributed by atoms with Gasteiger partial charge in [-0.15, -0.1) is 0 Å². The molecule has 32 heavy (non-hydrogen) atoms. The highest BCUT2D eigenvalue weighted by Crippen LogP contribution is 2.37. The van der Waals surface area contributed by atoms with E-state index in [2.05, 4.69) is 4.90 Å². The van der Waals surface area contributed by atoms with Crippen molar-refractivity contribution in [1.29, 1.82) is 0 Å². The molecule has 0 bridgehead atoms. The number of nitrogens with zero attached hydrogens (tertiary/aromatic N) is 3. The summed E-state index contributed by atoms with van der Waals surface area (Å²) >= 11 is 19.5. The first-order valence-corrected chi connectivity index (χ1v) is 11.3. The molecule has 5 nitrogen and oxygen atoms in total. The summed E-state index contributed by atoms with van der Waals surface area (Å²) in [7, 11) is 0. The first-order chi connectivity index (χ1) is 15.4. The van der Waals surface area contributed by atoms with Gasteiger partial charge in [0.05, 0.1) is 26.9 Å². The fourth-order valence-electron chi connectivity index (χ4n) is 4.17. The van der Waals surface area contributed by atoms with Crippen LogP contribution in [0.3, 0.4) is 0 Å². The van der Waals surface area contributed by atoms with Gasteiger partial charge in [0.15, 0.2) is 0 Å². The van der Waals surface area contributed by atoms with Gasteiger partial charge in [-0.1, -0.05) is 59.1 Å². The molecule has 1 aliphatic rings. The lowest BCUT2D eigenvalue weighted by atomic mass is 10.1. The van der Waals surface area contributed by atoms with Crippen molar-refractivity contribution in [1.82, 2.24) is 9.55 Å². The summed E-state index contributed by atoms with van der Waals surface area (Å²) in [5.74, 6) is 0.725. The minimum absolute atomic E-state index is 0.0761. The molecule has 0 saturated carbocycles. The van der Waals surface area contributed by atoms with Gasteiger partial charge in [-0.2, -0.15) is 0 Å². The number of aromatic nitrogens is 2. The second-order valence-electron chi connectivity index (χ2n) is 7.81. The third-order valence-corrected chi connectivity index (χ3v) is 6.66. The highest BCUT2D eigenvalue weighted by Gasteiger charge is 2.24. The van der Waals surface area contributed by atoms with Crippen LogP contribution in [0, 0.1) is 0 Å². The van der Waals surface area contributed by atoms with Crippen molar-refractivity contribution in [3.8, 4) is 16.9 Å². The number of rotatable bonds is 3. The largest absolute Gasteiger partial charge is 0.355 e. The van der Waals surface area contributed by atoms with Gasteiger partial charge in [0.1, 0.15) is 5.82 Å². The Kier molecular flexibility index (Phi) is 5.59. The number of hydrogen-bond donors (Lipinski definition) is 1. The Morgan fingerprint density at radius 2 is 1.66 bits per heavy atom. The number of hydrogen-bond acceptors (Lipinski definition) is 4. The Bertz CT molecular complexity index is 1380. The summed E-state index contributed by atoms with van der Waals surface area (Å²) in [5.41, 5.74) is 8.45. The molecule has 1 aliphatic heterocycles. The number of para-hydroxylation sites is 1. The predicted octanol–water partition coefficient (Wildman–Crippen LogP) is 5.55. The number of anilines is 1. The fraction of sp³-hybridized carbons (Fsp3) is 0.167. The van der Waals surface area contributed by atoms with E-state index in [9.17, 15) is 4.79 Å². The summed E-state index contributed by atoms with van der Waals surface area (Å²) in [6.07, 6.45) is 0.874. The molecule has 1 atom stereocenters. The van der Waals surface area contributed by atoms with E-state index in [1.165, 1.54) is 6.07 Å². The Labute approximate surface area is 200 Å². The van der Waals surface area contributed by atoms with E-state index in [-0.39, 0.29) is 11.6 Å². The van der Waals surface area contributed by atoms with Crippen molar-refractivity contribution in [2.75, 3.05) is 18.0 Å². The minimum atomic E-state index is -0.243. The van der Waals surface area contributed by atoms with Gasteiger partial charge in [-0.3, -0.25) is 9.36 Å². The maximum atomic E-state index is 13.1. The van der Waals surface area contributed by atoms with Crippen LogP contribution in [0.4, 0.5) is 5.82 Å². The Hall–Kier alpha value is -2.57. The summed E-state index contributed by atoms with van der Waals surface area (Å²) in [5, 5.41) is 2.10. The molecule has 1 saturated heterocycles. The normalized spacial score (nSPS) is 16.1. The van der Waals surface area contributed by atoms with E-state index >= 15 is 0 Å². The van der Waals surface area contributed by atoms with Gasteiger partial charge >= 0.3 is 0 Å². The van der Waals surface area contributed by atoms with E-state index in [1.54, 1.807) is 28.8 Å². The van der Waals surface area contributed by atoms with E-state index in [0.29, 0.717) is 38.5 Å². The minimum Gasteiger partial charge on any atom is -0.355 e. The molecule has 1 fully saturated rings. The maximum absolute atomic E-state index is 13.1. The molecule has 3 heterocycles. The van der Waals surface area contributed by atoms with Crippen molar-refractivity contribution in [2.45, 2.75) is 12.5 Å². The van der Waals surface area contributed by atoms with E-state index in [4.69, 9.17) is 45.5 Å². The fourth-order valence-corrected chi connectivity index (χ4v) is 4.97. The molecule has 2 aromatic carbocycles. The molecule has 2 aromatic heterocycles. The van der Waals surface area contributed by atoms with Gasteiger partial charge in [-0.25, -0.2) is 4.98 Å². The highest BCUT2D eigenvalue weighted by atomic mass is 35.5. The Balaban J connectivity index is 1.89. The van der Waals surface area contributed by atoms with Gasteiger partial charge < -0.3 is 10.6 Å². The Morgan fingerprint density at radius 1 is 0.938 bits per heavy atom. The van der Waals surface area contributed by atoms with Crippen LogP contribution >= 0.6 is 34.8 Å². The van der Waals surface area contributed by atoms with Crippen molar-refractivity contribution in [3.05, 3.63) is 86.1 Å². The van der Waals surface area contributed by atoms with Crippen LogP contribution in [0.5, 0.6) is 0 Å². The molecule has 2 N–H and O–H groups in total. The molecule has 0 aliphatic carbocycles. The molecule has 8 heteroatoms. The van der Waals surface area contributed by atoms with E-state index in [1.807, 2.05) is 30.3 Å². The summed E-state index contributed by atoms with van der Waals surface area (Å²) in [6, 6.07) is 17.9. The lowest BCUT2D eigenvalue weighted by Crippen LogP contribution is -2.27. The first kappa shape index (κ1) is 21.3. The maximum Gasteiger partial charge on any atom is 0.255 e. The predicted molar refractivity (Wildman–Crippen MR) is 133 cm³/mol. The van der Waals surface area contributed by atoms with Gasteiger partial charge in [0, 0.05) is 47.2 Å². The van der Waals surface area contributed by atoms with Crippen LogP contribution in [-0.4, -0.2) is 28.7 Å². The lowest BCUT2D eigenvalue weighted by Gasteiger charge is -2.21. The topological polar surface area (TPSA) is 64.2 Å². The lowest BCUT2D eigenvalue weighted by molar-refractivity contribution is 0.751. The van der Waals surface area contributed by atoms with Crippen molar-refractivity contribution < 1.29 is 0 Å². The molecule has 0 amide bonds. The van der Waals surface area contributed by atoms with Crippen LogP contribution in [-0.2, 0) is 0 Å². The number of pyridine rings is 2. The van der Waals surface area contributed by atoms with Crippen LogP contribution in [0.15, 0.2) is 65.5 Å². The first-order valence-electron chi connectivity index (χ1n) is 10.2. The van der Waals surface area contributed by atoms with E-state index in [0.717, 1.165) is 29.7 Å². The van der Waals surface area contributed by atoms with Gasteiger partial charge in [0.2, 0.25) is 0 Å². The standard InChI is InChI=1S/C24H19Cl3N4O/c25-17-5-2-1-4-15(17)23-16-8-9-22(32)31(24-18(26)6-3-7-19(24)27)20(16)12-21(29-23)30-11-10-14(28)13-30/h1-9,12,14H,10-11,13,28H2. The number of benzene rings is 2. The van der Waals surface area contributed by atoms with Crippen LogP contribution in [0.2, 0.25) is 15.1 Å². The van der Waals surface area contributed by atoms with E-state index < -0.39 is 0 Å². The zero-order valence-corrected chi connectivity index (χ0v) is 19.2. The third kappa shape index (κ3) is 3.65. The number of fused-ring (bicyclic) bond motifs is 1. The van der Waals surface area contributed by atoms with Gasteiger partial charge in [0.25, 0.3) is 5.56 Å². The second-order valence-corrected chi connectivity index (χ2v) is 9.04. The SMILES string of the molecule is NC1CCN(c2cc3c(ccc(=O)n3-c3c(Cl)cccc3Cl)c(-c3ccccc3Cl)n2)C1. The average molecular weight is 486 g/mol. The monoisotopic (exact) mass is 484 g/mol. The zero-order valence-electron chi connectivity index (χ0n) is 16.9. The van der Waals surface area contributed by atoms with Crippen LogP contribution in [0.25, 0.3) is 27.8 Å². The van der Waals surface area contributed by atoms with Crippen molar-refractivity contribution in [3.63, 3.8) is 0 Å². The molecule has 1 unspecified atom stereocenters.